The van der Waals surface area contributed by atoms with Gasteiger partial charge in [-0.3, -0.25) is 0 Å². The van der Waals surface area contributed by atoms with Gasteiger partial charge in [-0.15, -0.1) is 15.0 Å². The average Bonchev–Trinajstić information content (AvgIpc) is 3.06. The molecule has 0 aliphatic carbocycles. The molecule has 0 unspecified atom stereocenters. The van der Waals surface area contributed by atoms with E-state index >= 15 is 0 Å². The molecule has 0 radical (unpaired) electrons. The number of benzene rings is 2. The summed E-state index contributed by atoms with van der Waals surface area (Å²) in [6, 6.07) is 9.80. The molecule has 26 heavy (non-hydrogen) atoms. The van der Waals surface area contributed by atoms with Crippen LogP contribution in [0.2, 0.25) is 0 Å². The molecule has 0 bridgehead atoms. The second-order valence-electron chi connectivity index (χ2n) is 5.51. The van der Waals surface area contributed by atoms with E-state index < -0.39 is 5.97 Å². The van der Waals surface area contributed by atoms with Crippen molar-refractivity contribution in [2.45, 2.75) is 13.3 Å². The van der Waals surface area contributed by atoms with Gasteiger partial charge >= 0.3 is 5.97 Å². The highest BCUT2D eigenvalue weighted by Crippen LogP contribution is 2.28. The number of hydrogen-bond acceptors (Lipinski definition) is 7. The lowest BCUT2D eigenvalue weighted by molar-refractivity contribution is 0.0526. The van der Waals surface area contributed by atoms with Gasteiger partial charge in [0.1, 0.15) is 22.8 Å². The van der Waals surface area contributed by atoms with Gasteiger partial charge in [-0.2, -0.15) is 5.26 Å². The first-order valence-corrected chi connectivity index (χ1v) is 7.98. The summed E-state index contributed by atoms with van der Waals surface area (Å²) in [6.45, 7) is 1.90. The molecule has 1 heterocycles. The Labute approximate surface area is 148 Å². The van der Waals surface area contributed by atoms with Crippen LogP contribution in [0, 0.1) is 11.3 Å². The Hall–Kier alpha value is -3.44. The molecular formula is C18H16N4O4. The second kappa shape index (κ2) is 7.21. The molecule has 0 fully saturated rings. The molecule has 132 valence electrons. The number of esters is 1. The van der Waals surface area contributed by atoms with Crippen molar-refractivity contribution >= 4 is 17.0 Å². The molecule has 0 amide bonds. The maximum Gasteiger partial charge on any atom is 0.338 e. The van der Waals surface area contributed by atoms with Crippen LogP contribution in [0.4, 0.5) is 0 Å². The monoisotopic (exact) mass is 352 g/mol. The predicted octanol–water partition coefficient (Wildman–Crippen LogP) is 1.71. The topological polar surface area (TPSA) is 121 Å². The summed E-state index contributed by atoms with van der Waals surface area (Å²) in [7, 11) is 0. The molecule has 8 heteroatoms. The molecule has 2 N–H and O–H groups in total. The van der Waals surface area contributed by atoms with Gasteiger partial charge in [0.15, 0.2) is 5.75 Å². The zero-order valence-corrected chi connectivity index (χ0v) is 14.0. The first-order valence-electron chi connectivity index (χ1n) is 7.98. The Bertz CT molecular complexity index is 1020. The summed E-state index contributed by atoms with van der Waals surface area (Å²) in [5, 5.41) is 37.2. The van der Waals surface area contributed by atoms with Crippen molar-refractivity contribution < 1.29 is 19.7 Å². The Balaban J connectivity index is 2.09. The molecule has 0 aliphatic rings. The van der Waals surface area contributed by atoms with E-state index in [-0.39, 0.29) is 30.2 Å². The summed E-state index contributed by atoms with van der Waals surface area (Å²) in [6.07, 6.45) is 0.329. The van der Waals surface area contributed by atoms with Crippen LogP contribution < -0.4 is 0 Å². The van der Waals surface area contributed by atoms with E-state index in [0.29, 0.717) is 28.6 Å². The number of nitrogens with zero attached hydrogens (tertiary/aromatic N) is 4. The van der Waals surface area contributed by atoms with E-state index in [1.165, 1.54) is 10.9 Å². The fourth-order valence-electron chi connectivity index (χ4n) is 2.55. The van der Waals surface area contributed by atoms with Crippen molar-refractivity contribution in [2.24, 2.45) is 0 Å². The number of aliphatic hydroxyl groups is 1. The van der Waals surface area contributed by atoms with Crippen LogP contribution in [0.15, 0.2) is 30.3 Å². The Morgan fingerprint density at radius 3 is 2.73 bits per heavy atom. The van der Waals surface area contributed by atoms with Crippen LogP contribution in [0.5, 0.6) is 5.75 Å². The van der Waals surface area contributed by atoms with E-state index in [1.807, 2.05) is 6.07 Å². The number of carbonyl (C=O) groups is 1. The molecule has 0 aliphatic heterocycles. The number of fused-ring (bicyclic) bond motifs is 1. The SMILES string of the molecule is CCOC(=O)c1ccc2nn(-c3cc(CCO)cc(C#N)c3O)nc2c1. The Kier molecular flexibility index (Phi) is 4.82. The van der Waals surface area contributed by atoms with Crippen molar-refractivity contribution in [1.29, 1.82) is 5.26 Å². The van der Waals surface area contributed by atoms with Gasteiger partial charge in [0.05, 0.1) is 17.7 Å². The number of rotatable bonds is 5. The number of ether oxygens (including phenoxy) is 1. The largest absolute Gasteiger partial charge is 0.504 e. The third-order valence-corrected chi connectivity index (χ3v) is 3.78. The van der Waals surface area contributed by atoms with Crippen molar-refractivity contribution in [3.8, 4) is 17.5 Å². The summed E-state index contributed by atoms with van der Waals surface area (Å²) in [5.74, 6) is -0.705. The van der Waals surface area contributed by atoms with E-state index in [4.69, 9.17) is 9.84 Å². The third kappa shape index (κ3) is 3.20. The summed E-state index contributed by atoms with van der Waals surface area (Å²) in [4.78, 5) is 13.0. The zero-order valence-electron chi connectivity index (χ0n) is 14.0. The maximum absolute atomic E-state index is 11.8. The lowest BCUT2D eigenvalue weighted by atomic mass is 10.1. The predicted molar refractivity (Wildman–Crippen MR) is 92.0 cm³/mol. The zero-order chi connectivity index (χ0) is 18.7. The van der Waals surface area contributed by atoms with Gasteiger partial charge in [0.25, 0.3) is 0 Å². The van der Waals surface area contributed by atoms with Crippen LogP contribution >= 0.6 is 0 Å². The quantitative estimate of drug-likeness (QED) is 0.670. The smallest absolute Gasteiger partial charge is 0.338 e. The minimum absolute atomic E-state index is 0.0690. The number of nitriles is 1. The Morgan fingerprint density at radius 1 is 1.27 bits per heavy atom. The molecular weight excluding hydrogens is 336 g/mol. The number of hydrogen-bond donors (Lipinski definition) is 2. The number of aliphatic hydroxyl groups excluding tert-OH is 1. The molecule has 8 nitrogen and oxygen atoms in total. The Morgan fingerprint density at radius 2 is 2.04 bits per heavy atom. The molecule has 2 aromatic carbocycles. The number of phenolic OH excluding ortho intramolecular Hbond substituents is 1. The van der Waals surface area contributed by atoms with Gasteiger partial charge in [-0.05, 0) is 49.2 Å². The maximum atomic E-state index is 11.8. The van der Waals surface area contributed by atoms with Gasteiger partial charge in [-0.25, -0.2) is 4.79 Å². The van der Waals surface area contributed by atoms with Crippen LogP contribution in [0.25, 0.3) is 16.7 Å². The van der Waals surface area contributed by atoms with Crippen molar-refractivity contribution in [3.05, 3.63) is 47.0 Å². The normalized spacial score (nSPS) is 10.7. The lowest BCUT2D eigenvalue weighted by Crippen LogP contribution is -2.04. The van der Waals surface area contributed by atoms with E-state index in [2.05, 4.69) is 10.2 Å². The summed E-state index contributed by atoms with van der Waals surface area (Å²) in [5.41, 5.74) is 2.28. The fraction of sp³-hybridized carbons (Fsp3) is 0.222. The second-order valence-corrected chi connectivity index (χ2v) is 5.51. The van der Waals surface area contributed by atoms with Crippen LogP contribution in [-0.2, 0) is 11.2 Å². The average molecular weight is 352 g/mol. The van der Waals surface area contributed by atoms with Gasteiger partial charge in [0, 0.05) is 6.61 Å². The number of aromatic nitrogens is 3. The number of aromatic hydroxyl groups is 1. The van der Waals surface area contributed by atoms with Crippen molar-refractivity contribution in [3.63, 3.8) is 0 Å². The summed E-state index contributed by atoms with van der Waals surface area (Å²) < 4.78 is 4.97. The molecule has 0 atom stereocenters. The first kappa shape index (κ1) is 17.4. The van der Waals surface area contributed by atoms with Gasteiger partial charge < -0.3 is 14.9 Å². The van der Waals surface area contributed by atoms with Crippen molar-refractivity contribution in [2.75, 3.05) is 13.2 Å². The highest BCUT2D eigenvalue weighted by Gasteiger charge is 2.16. The molecule has 0 saturated heterocycles. The van der Waals surface area contributed by atoms with Crippen LogP contribution in [-0.4, -0.2) is 44.4 Å². The van der Waals surface area contributed by atoms with Gasteiger partial charge in [-0.1, -0.05) is 0 Å². The first-order chi connectivity index (χ1) is 12.6. The van der Waals surface area contributed by atoms with E-state index in [1.54, 1.807) is 31.2 Å². The van der Waals surface area contributed by atoms with Gasteiger partial charge in [0.2, 0.25) is 0 Å². The standard InChI is InChI=1S/C18H16N4O4/c1-2-26-18(25)12-3-4-14-15(9-12)21-22(20-14)16-8-11(5-6-23)7-13(10-19)17(16)24/h3-4,7-9,23-24H,2,5-6H2,1H3. The fourth-order valence-corrected chi connectivity index (χ4v) is 2.55. The third-order valence-electron chi connectivity index (χ3n) is 3.78. The number of phenols is 1. The molecule has 3 rings (SSSR count). The highest BCUT2D eigenvalue weighted by atomic mass is 16.5. The van der Waals surface area contributed by atoms with Crippen molar-refractivity contribution in [1.82, 2.24) is 15.0 Å². The van der Waals surface area contributed by atoms with Crippen LogP contribution in [0.3, 0.4) is 0 Å². The molecule has 3 aromatic rings. The molecule has 1 aromatic heterocycles. The molecule has 0 spiro atoms. The minimum atomic E-state index is -0.455. The summed E-state index contributed by atoms with van der Waals surface area (Å²) >= 11 is 0. The lowest BCUT2D eigenvalue weighted by Gasteiger charge is -2.08. The highest BCUT2D eigenvalue weighted by molar-refractivity contribution is 5.93. The van der Waals surface area contributed by atoms with E-state index in [9.17, 15) is 15.2 Å². The molecule has 0 saturated carbocycles. The van der Waals surface area contributed by atoms with E-state index in [0.717, 1.165) is 0 Å². The minimum Gasteiger partial charge on any atom is -0.504 e. The number of carbonyl (C=O) groups excluding carboxylic acids is 1. The van der Waals surface area contributed by atoms with Crippen LogP contribution in [0.1, 0.15) is 28.4 Å².